The first-order valence-electron chi connectivity index (χ1n) is 6.75. The number of anilines is 1. The minimum absolute atomic E-state index is 0.259. The van der Waals surface area contributed by atoms with E-state index < -0.39 is 0 Å². The third-order valence-electron chi connectivity index (χ3n) is 3.42. The van der Waals surface area contributed by atoms with Crippen LogP contribution < -0.4 is 5.32 Å². The van der Waals surface area contributed by atoms with Gasteiger partial charge in [-0.15, -0.1) is 0 Å². The van der Waals surface area contributed by atoms with Gasteiger partial charge < -0.3 is 5.32 Å². The summed E-state index contributed by atoms with van der Waals surface area (Å²) in [5, 5.41) is 3.56. The van der Waals surface area contributed by atoms with Crippen molar-refractivity contribution >= 4 is 5.69 Å². The lowest BCUT2D eigenvalue weighted by Crippen LogP contribution is -2.11. The number of rotatable bonds is 3. The fourth-order valence-corrected chi connectivity index (χ4v) is 2.75. The van der Waals surface area contributed by atoms with Crippen molar-refractivity contribution in [3.8, 4) is 0 Å². The van der Waals surface area contributed by atoms with Crippen molar-refractivity contribution in [2.45, 2.75) is 40.7 Å². The lowest BCUT2D eigenvalue weighted by Gasteiger charge is -2.20. The number of aromatic nitrogens is 1. The molecule has 19 heavy (non-hydrogen) atoms. The summed E-state index contributed by atoms with van der Waals surface area (Å²) in [7, 11) is 0. The summed E-state index contributed by atoms with van der Waals surface area (Å²) in [6.45, 7) is 10.6. The zero-order chi connectivity index (χ0) is 14.0. The van der Waals surface area contributed by atoms with Crippen LogP contribution in [0.4, 0.5) is 5.69 Å². The average molecular weight is 254 g/mol. The Labute approximate surface area is 115 Å². The van der Waals surface area contributed by atoms with E-state index in [2.05, 4.69) is 68.3 Å². The first-order chi connectivity index (χ1) is 8.97. The lowest BCUT2D eigenvalue weighted by molar-refractivity contribution is 0.843. The van der Waals surface area contributed by atoms with Gasteiger partial charge >= 0.3 is 0 Å². The normalized spacial score (nSPS) is 12.3. The van der Waals surface area contributed by atoms with Gasteiger partial charge in [0.2, 0.25) is 0 Å². The molecule has 2 aromatic rings. The second-order valence-corrected chi connectivity index (χ2v) is 5.32. The van der Waals surface area contributed by atoms with E-state index >= 15 is 0 Å². The second kappa shape index (κ2) is 5.43. The van der Waals surface area contributed by atoms with E-state index in [1.165, 1.54) is 16.7 Å². The summed E-state index contributed by atoms with van der Waals surface area (Å²) < 4.78 is 0. The molecule has 2 nitrogen and oxygen atoms in total. The highest BCUT2D eigenvalue weighted by Gasteiger charge is 2.12. The molecular formula is C17H22N2. The fourth-order valence-electron chi connectivity index (χ4n) is 2.75. The summed E-state index contributed by atoms with van der Waals surface area (Å²) in [6, 6.07) is 10.9. The van der Waals surface area contributed by atoms with Gasteiger partial charge in [-0.2, -0.15) is 0 Å². The van der Waals surface area contributed by atoms with E-state index in [4.69, 9.17) is 0 Å². The van der Waals surface area contributed by atoms with Gasteiger partial charge in [-0.05, 0) is 69.5 Å². The van der Waals surface area contributed by atoms with Gasteiger partial charge in [-0.1, -0.05) is 12.1 Å². The van der Waals surface area contributed by atoms with E-state index in [0.29, 0.717) is 0 Å². The third kappa shape index (κ3) is 3.14. The molecule has 0 fully saturated rings. The predicted molar refractivity (Wildman–Crippen MR) is 81.7 cm³/mol. The van der Waals surface area contributed by atoms with Crippen LogP contribution in [0.1, 0.15) is 41.0 Å². The maximum Gasteiger partial charge on any atom is 0.0506 e. The minimum Gasteiger partial charge on any atom is -0.378 e. The minimum atomic E-state index is 0.259. The molecule has 0 aliphatic carbocycles. The molecule has 1 unspecified atom stereocenters. The molecule has 0 aliphatic heterocycles. The van der Waals surface area contributed by atoms with Crippen LogP contribution in [0.15, 0.2) is 30.3 Å². The van der Waals surface area contributed by atoms with Crippen molar-refractivity contribution in [1.29, 1.82) is 0 Å². The summed E-state index contributed by atoms with van der Waals surface area (Å²) >= 11 is 0. The molecule has 0 saturated carbocycles. The molecule has 2 rings (SSSR count). The molecule has 1 N–H and O–H groups in total. The molecule has 1 heterocycles. The number of hydrogen-bond acceptors (Lipinski definition) is 2. The van der Waals surface area contributed by atoms with Crippen molar-refractivity contribution < 1.29 is 0 Å². The molecule has 0 bridgehead atoms. The van der Waals surface area contributed by atoms with Crippen LogP contribution in [0.3, 0.4) is 0 Å². The van der Waals surface area contributed by atoms with Crippen LogP contribution in [0, 0.1) is 27.7 Å². The largest absolute Gasteiger partial charge is 0.378 e. The Bertz CT molecular complexity index is 565. The molecule has 100 valence electrons. The first-order valence-corrected chi connectivity index (χ1v) is 6.75. The number of benzene rings is 1. The molecule has 2 heteroatoms. The Morgan fingerprint density at radius 2 is 1.79 bits per heavy atom. The molecular weight excluding hydrogens is 232 g/mol. The topological polar surface area (TPSA) is 24.9 Å². The van der Waals surface area contributed by atoms with Crippen molar-refractivity contribution in [1.82, 2.24) is 4.98 Å². The van der Waals surface area contributed by atoms with Crippen LogP contribution >= 0.6 is 0 Å². The Balaban J connectivity index is 2.28. The molecule has 0 saturated heterocycles. The Morgan fingerprint density at radius 3 is 2.42 bits per heavy atom. The van der Waals surface area contributed by atoms with Crippen LogP contribution in [-0.4, -0.2) is 4.98 Å². The standard InChI is InChI=1S/C17H22N2/c1-11-7-6-8-16(9-11)19-15(5)17-12(2)10-13(3)18-14(17)4/h6-10,15,19H,1-5H3. The van der Waals surface area contributed by atoms with Crippen LogP contribution in [-0.2, 0) is 0 Å². The van der Waals surface area contributed by atoms with E-state index in [9.17, 15) is 0 Å². The second-order valence-electron chi connectivity index (χ2n) is 5.32. The molecule has 1 aromatic heterocycles. The Hall–Kier alpha value is -1.83. The maximum absolute atomic E-state index is 4.57. The molecule has 0 amide bonds. The van der Waals surface area contributed by atoms with Crippen LogP contribution in [0.5, 0.6) is 0 Å². The van der Waals surface area contributed by atoms with Gasteiger partial charge in [0.25, 0.3) is 0 Å². The Kier molecular flexibility index (Phi) is 3.89. The number of hydrogen-bond donors (Lipinski definition) is 1. The van der Waals surface area contributed by atoms with Crippen LogP contribution in [0.25, 0.3) is 0 Å². The van der Waals surface area contributed by atoms with Gasteiger partial charge in [-0.25, -0.2) is 0 Å². The Morgan fingerprint density at radius 1 is 1.05 bits per heavy atom. The number of aryl methyl sites for hydroxylation is 4. The van der Waals surface area contributed by atoms with Crippen molar-refractivity contribution in [3.63, 3.8) is 0 Å². The number of pyridine rings is 1. The summed E-state index contributed by atoms with van der Waals surface area (Å²) in [6.07, 6.45) is 0. The summed E-state index contributed by atoms with van der Waals surface area (Å²) in [5.74, 6) is 0. The van der Waals surface area contributed by atoms with Gasteiger partial charge in [0.15, 0.2) is 0 Å². The van der Waals surface area contributed by atoms with Gasteiger partial charge in [0.05, 0.1) is 6.04 Å². The quantitative estimate of drug-likeness (QED) is 0.873. The molecule has 0 radical (unpaired) electrons. The molecule has 0 spiro atoms. The summed E-state index contributed by atoms with van der Waals surface area (Å²) in [5.41, 5.74) is 7.23. The number of nitrogens with one attached hydrogen (secondary N) is 1. The van der Waals surface area contributed by atoms with Crippen molar-refractivity contribution in [3.05, 3.63) is 58.4 Å². The van der Waals surface area contributed by atoms with Gasteiger partial charge in [0.1, 0.15) is 0 Å². The SMILES string of the molecule is Cc1cccc(NC(C)c2c(C)cc(C)nc2C)c1. The predicted octanol–water partition coefficient (Wildman–Crippen LogP) is 4.49. The zero-order valence-corrected chi connectivity index (χ0v) is 12.4. The lowest BCUT2D eigenvalue weighted by atomic mass is 10.00. The van der Waals surface area contributed by atoms with Crippen molar-refractivity contribution in [2.24, 2.45) is 0 Å². The third-order valence-corrected chi connectivity index (χ3v) is 3.42. The fraction of sp³-hybridized carbons (Fsp3) is 0.353. The highest BCUT2D eigenvalue weighted by atomic mass is 14.9. The van der Waals surface area contributed by atoms with E-state index in [-0.39, 0.29) is 6.04 Å². The molecule has 1 aromatic carbocycles. The first kappa shape index (κ1) is 13.6. The van der Waals surface area contributed by atoms with Crippen LogP contribution in [0.2, 0.25) is 0 Å². The molecule has 0 aliphatic rings. The van der Waals surface area contributed by atoms with E-state index in [0.717, 1.165) is 17.1 Å². The summed E-state index contributed by atoms with van der Waals surface area (Å²) in [4.78, 5) is 4.57. The van der Waals surface area contributed by atoms with Gasteiger partial charge in [0, 0.05) is 17.1 Å². The smallest absolute Gasteiger partial charge is 0.0506 e. The average Bonchev–Trinajstić information content (AvgIpc) is 2.27. The maximum atomic E-state index is 4.57. The highest BCUT2D eigenvalue weighted by molar-refractivity contribution is 5.48. The monoisotopic (exact) mass is 254 g/mol. The number of nitrogens with zero attached hydrogens (tertiary/aromatic N) is 1. The van der Waals surface area contributed by atoms with Gasteiger partial charge in [-0.3, -0.25) is 4.98 Å². The molecule has 1 atom stereocenters. The van der Waals surface area contributed by atoms with E-state index in [1.54, 1.807) is 0 Å². The van der Waals surface area contributed by atoms with Crippen molar-refractivity contribution in [2.75, 3.05) is 5.32 Å². The van der Waals surface area contributed by atoms with E-state index in [1.807, 2.05) is 6.92 Å². The highest BCUT2D eigenvalue weighted by Crippen LogP contribution is 2.25. The zero-order valence-electron chi connectivity index (χ0n) is 12.4.